The van der Waals surface area contributed by atoms with Crippen LogP contribution < -0.4 is 11.1 Å². The Hall–Kier alpha value is -3.56. The minimum atomic E-state index is -1.26. The van der Waals surface area contributed by atoms with Gasteiger partial charge in [-0.05, 0) is 48.7 Å². The van der Waals surface area contributed by atoms with E-state index in [9.17, 15) is 24.9 Å². The number of nitrogen functional groups attached to an aromatic ring is 1. The van der Waals surface area contributed by atoms with E-state index < -0.39 is 18.0 Å². The molecule has 162 valence electrons. The molecule has 0 aliphatic carbocycles. The summed E-state index contributed by atoms with van der Waals surface area (Å²) in [6.07, 6.45) is 1.13. The maximum absolute atomic E-state index is 10.1. The van der Waals surface area contributed by atoms with Crippen LogP contribution >= 0.6 is 0 Å². The fraction of sp³-hybridized carbons (Fsp3) is 0.238. The zero-order valence-electron chi connectivity index (χ0n) is 16.4. The quantitative estimate of drug-likeness (QED) is 0.248. The van der Waals surface area contributed by atoms with Gasteiger partial charge in [-0.1, -0.05) is 12.1 Å². The molecule has 2 unspecified atom stereocenters. The number of aliphatic hydroxyl groups is 1. The molecule has 2 rings (SSSR count). The Morgan fingerprint density at radius 2 is 1.50 bits per heavy atom. The van der Waals surface area contributed by atoms with Gasteiger partial charge in [-0.3, -0.25) is 0 Å². The van der Waals surface area contributed by atoms with Crippen LogP contribution in [0.15, 0.2) is 54.6 Å². The number of rotatable bonds is 8. The SMILES string of the molecule is CC(Cc1ccc(N)cc1)NCC(O)c1cc(O)cc(O)c1.O=C(O)C=CC(=O)O. The van der Waals surface area contributed by atoms with E-state index in [1.807, 2.05) is 31.2 Å². The average Bonchev–Trinajstić information content (AvgIpc) is 2.66. The van der Waals surface area contributed by atoms with Gasteiger partial charge in [0.05, 0.1) is 6.10 Å². The van der Waals surface area contributed by atoms with E-state index in [0.717, 1.165) is 12.1 Å². The van der Waals surface area contributed by atoms with Gasteiger partial charge in [-0.25, -0.2) is 9.59 Å². The smallest absolute Gasteiger partial charge is 0.328 e. The fourth-order valence-electron chi connectivity index (χ4n) is 2.46. The van der Waals surface area contributed by atoms with Gasteiger partial charge in [-0.15, -0.1) is 0 Å². The first-order valence-electron chi connectivity index (χ1n) is 8.99. The molecular weight excluding hydrogens is 392 g/mol. The zero-order valence-corrected chi connectivity index (χ0v) is 16.4. The Labute approximate surface area is 173 Å². The van der Waals surface area contributed by atoms with Crippen molar-refractivity contribution in [3.05, 3.63) is 65.7 Å². The van der Waals surface area contributed by atoms with E-state index in [-0.39, 0.29) is 17.5 Å². The highest BCUT2D eigenvalue weighted by atomic mass is 16.4. The van der Waals surface area contributed by atoms with E-state index in [0.29, 0.717) is 24.3 Å². The standard InChI is InChI=1S/C17H22N2O3.C4H4O4/c1-11(6-12-2-4-14(18)5-3-12)19-10-17(22)13-7-15(20)9-16(21)8-13;5-3(6)1-2-4(7)8/h2-5,7-9,11,17,19-22H,6,10,18H2,1H3;1-2H,(H,5,6)(H,7,8). The number of anilines is 1. The van der Waals surface area contributed by atoms with Crippen LogP contribution in [0.3, 0.4) is 0 Å². The minimum Gasteiger partial charge on any atom is -0.508 e. The van der Waals surface area contributed by atoms with Crippen LogP contribution in [-0.2, 0) is 16.0 Å². The number of benzene rings is 2. The summed E-state index contributed by atoms with van der Waals surface area (Å²) in [7, 11) is 0. The van der Waals surface area contributed by atoms with Crippen molar-refractivity contribution in [2.24, 2.45) is 0 Å². The van der Waals surface area contributed by atoms with Crippen molar-refractivity contribution in [1.82, 2.24) is 5.32 Å². The minimum absolute atomic E-state index is 0.0658. The molecule has 8 N–H and O–H groups in total. The number of phenols is 2. The van der Waals surface area contributed by atoms with Crippen molar-refractivity contribution in [1.29, 1.82) is 0 Å². The van der Waals surface area contributed by atoms with Crippen LogP contribution in [0.5, 0.6) is 11.5 Å². The normalized spacial score (nSPS) is 12.6. The van der Waals surface area contributed by atoms with Gasteiger partial charge in [0, 0.05) is 36.5 Å². The van der Waals surface area contributed by atoms with Gasteiger partial charge in [-0.2, -0.15) is 0 Å². The molecule has 0 heterocycles. The molecule has 9 heteroatoms. The van der Waals surface area contributed by atoms with Crippen LogP contribution in [-0.4, -0.2) is 50.1 Å². The maximum Gasteiger partial charge on any atom is 0.328 e. The zero-order chi connectivity index (χ0) is 22.7. The Morgan fingerprint density at radius 3 is 1.97 bits per heavy atom. The third kappa shape index (κ3) is 10.1. The molecule has 0 saturated carbocycles. The molecule has 0 spiro atoms. The van der Waals surface area contributed by atoms with Crippen molar-refractivity contribution in [3.8, 4) is 11.5 Å². The van der Waals surface area contributed by atoms with Crippen LogP contribution in [0.2, 0.25) is 0 Å². The monoisotopic (exact) mass is 418 g/mol. The highest BCUT2D eigenvalue weighted by Gasteiger charge is 2.12. The summed E-state index contributed by atoms with van der Waals surface area (Å²) in [5, 5.41) is 47.9. The molecule has 30 heavy (non-hydrogen) atoms. The molecule has 2 aromatic carbocycles. The summed E-state index contributed by atoms with van der Waals surface area (Å²) in [5.41, 5.74) is 8.04. The number of nitrogens with two attached hydrogens (primary N) is 1. The number of hydrogen-bond acceptors (Lipinski definition) is 7. The van der Waals surface area contributed by atoms with Crippen LogP contribution in [0.25, 0.3) is 0 Å². The first kappa shape index (κ1) is 24.5. The van der Waals surface area contributed by atoms with Crippen molar-refractivity contribution in [2.45, 2.75) is 25.5 Å². The molecule has 0 radical (unpaired) electrons. The van der Waals surface area contributed by atoms with Crippen molar-refractivity contribution >= 4 is 17.6 Å². The number of aliphatic carboxylic acids is 2. The van der Waals surface area contributed by atoms with E-state index in [1.165, 1.54) is 23.8 Å². The highest BCUT2D eigenvalue weighted by molar-refractivity contribution is 5.89. The van der Waals surface area contributed by atoms with Gasteiger partial charge in [0.2, 0.25) is 0 Å². The summed E-state index contributed by atoms with van der Waals surface area (Å²) >= 11 is 0. The predicted molar refractivity (Wildman–Crippen MR) is 111 cm³/mol. The van der Waals surface area contributed by atoms with E-state index in [4.69, 9.17) is 15.9 Å². The lowest BCUT2D eigenvalue weighted by atomic mass is 10.1. The van der Waals surface area contributed by atoms with Crippen molar-refractivity contribution < 1.29 is 35.1 Å². The van der Waals surface area contributed by atoms with Gasteiger partial charge in [0.1, 0.15) is 11.5 Å². The Morgan fingerprint density at radius 1 is 1.00 bits per heavy atom. The van der Waals surface area contributed by atoms with Crippen LogP contribution in [0.1, 0.15) is 24.2 Å². The van der Waals surface area contributed by atoms with Gasteiger partial charge in [0.25, 0.3) is 0 Å². The molecule has 2 atom stereocenters. The number of aliphatic hydroxyl groups excluding tert-OH is 1. The molecule has 0 saturated heterocycles. The number of hydrogen-bond donors (Lipinski definition) is 7. The van der Waals surface area contributed by atoms with Gasteiger partial charge >= 0.3 is 11.9 Å². The molecule has 0 aliphatic rings. The Bertz CT molecular complexity index is 830. The molecule has 9 nitrogen and oxygen atoms in total. The molecule has 0 fully saturated rings. The lowest BCUT2D eigenvalue weighted by Crippen LogP contribution is -2.32. The Kier molecular flexibility index (Phi) is 9.87. The summed E-state index contributed by atoms with van der Waals surface area (Å²) < 4.78 is 0. The summed E-state index contributed by atoms with van der Waals surface area (Å²) in [4.78, 5) is 19.1. The van der Waals surface area contributed by atoms with Gasteiger partial charge in [0.15, 0.2) is 0 Å². The molecular formula is C21H26N2O7. The van der Waals surface area contributed by atoms with Crippen LogP contribution in [0, 0.1) is 0 Å². The lowest BCUT2D eigenvalue weighted by Gasteiger charge is -2.18. The number of phenolic OH excluding ortho intramolecular Hbond substituents is 2. The summed E-state index contributed by atoms with van der Waals surface area (Å²) in [6, 6.07) is 12.0. The topological polar surface area (TPSA) is 173 Å². The highest BCUT2D eigenvalue weighted by Crippen LogP contribution is 2.24. The lowest BCUT2D eigenvalue weighted by molar-refractivity contribution is -0.134. The third-order valence-corrected chi connectivity index (χ3v) is 3.86. The first-order valence-corrected chi connectivity index (χ1v) is 8.99. The van der Waals surface area contributed by atoms with Crippen molar-refractivity contribution in [3.63, 3.8) is 0 Å². The molecule has 0 bridgehead atoms. The number of carbonyl (C=O) groups is 2. The maximum atomic E-state index is 10.1. The average molecular weight is 418 g/mol. The molecule has 0 aromatic heterocycles. The predicted octanol–water partition coefficient (Wildman–Crippen LogP) is 1.65. The first-order chi connectivity index (χ1) is 14.1. The molecule has 0 amide bonds. The number of aromatic hydroxyl groups is 2. The second kappa shape index (κ2) is 12.1. The fourth-order valence-corrected chi connectivity index (χ4v) is 2.46. The number of carboxylic acids is 2. The number of nitrogens with one attached hydrogen (secondary N) is 1. The second-order valence-corrected chi connectivity index (χ2v) is 6.56. The number of carboxylic acid groups (broad SMARTS) is 2. The molecule has 2 aromatic rings. The van der Waals surface area contributed by atoms with Crippen molar-refractivity contribution in [2.75, 3.05) is 12.3 Å². The van der Waals surface area contributed by atoms with Crippen LogP contribution in [0.4, 0.5) is 5.69 Å². The summed E-state index contributed by atoms with van der Waals surface area (Å²) in [5.74, 6) is -2.65. The van der Waals surface area contributed by atoms with E-state index >= 15 is 0 Å². The summed E-state index contributed by atoms with van der Waals surface area (Å²) in [6.45, 7) is 2.36. The molecule has 0 aliphatic heterocycles. The third-order valence-electron chi connectivity index (χ3n) is 3.86. The second-order valence-electron chi connectivity index (χ2n) is 6.56. The van der Waals surface area contributed by atoms with E-state index in [1.54, 1.807) is 0 Å². The Balaban J connectivity index is 0.000000479. The van der Waals surface area contributed by atoms with Gasteiger partial charge < -0.3 is 36.6 Å². The largest absolute Gasteiger partial charge is 0.508 e. The van der Waals surface area contributed by atoms with E-state index in [2.05, 4.69) is 5.32 Å².